The number of nitrogens with zero attached hydrogens (tertiary/aromatic N) is 2. The number of benzene rings is 1. The van der Waals surface area contributed by atoms with Gasteiger partial charge in [0, 0.05) is 18.3 Å². The van der Waals surface area contributed by atoms with Gasteiger partial charge in [-0.15, -0.1) is 0 Å². The maximum atomic E-state index is 12.1. The third-order valence-electron chi connectivity index (χ3n) is 3.76. The van der Waals surface area contributed by atoms with Gasteiger partial charge in [0.05, 0.1) is 5.69 Å². The minimum atomic E-state index is 0.00233. The Morgan fingerprint density at radius 2 is 1.95 bits per heavy atom. The average molecular weight is 299 g/mol. The molecule has 0 aliphatic heterocycles. The van der Waals surface area contributed by atoms with Crippen LogP contribution in [0.1, 0.15) is 42.3 Å². The number of hydrogen-bond acceptors (Lipinski definition) is 3. The van der Waals surface area contributed by atoms with Crippen molar-refractivity contribution in [2.75, 3.05) is 6.54 Å². The molecule has 0 bridgehead atoms. The molecular weight excluding hydrogens is 274 g/mol. The van der Waals surface area contributed by atoms with E-state index in [1.165, 1.54) is 5.56 Å². The molecule has 22 heavy (non-hydrogen) atoms. The van der Waals surface area contributed by atoms with Crippen LogP contribution in [0.5, 0.6) is 0 Å². The normalized spacial score (nSPS) is 10.9. The summed E-state index contributed by atoms with van der Waals surface area (Å²) < 4.78 is 1.87. The molecule has 4 nitrogen and oxygen atoms in total. The number of aromatic nitrogens is 2. The zero-order valence-electron chi connectivity index (χ0n) is 13.9. The van der Waals surface area contributed by atoms with Crippen molar-refractivity contribution in [3.8, 4) is 5.69 Å². The molecule has 0 unspecified atom stereocenters. The Labute approximate surface area is 132 Å². The third kappa shape index (κ3) is 3.83. The quantitative estimate of drug-likeness (QED) is 0.834. The monoisotopic (exact) mass is 299 g/mol. The second kappa shape index (κ2) is 7.36. The molecule has 0 aliphatic carbocycles. The molecule has 1 heterocycles. The Kier molecular flexibility index (Phi) is 5.50. The Bertz CT molecular complexity index is 704. The van der Waals surface area contributed by atoms with Crippen LogP contribution in [0.25, 0.3) is 5.69 Å². The summed E-state index contributed by atoms with van der Waals surface area (Å²) in [6, 6.07) is 7.93. The lowest BCUT2D eigenvalue weighted by molar-refractivity contribution is 0.614. The molecule has 2 aromatic rings. The van der Waals surface area contributed by atoms with Gasteiger partial charge in [0.2, 0.25) is 5.43 Å². The molecule has 0 amide bonds. The Balaban J connectivity index is 2.33. The van der Waals surface area contributed by atoms with E-state index < -0.39 is 0 Å². The van der Waals surface area contributed by atoms with Crippen LogP contribution in [-0.2, 0) is 6.54 Å². The van der Waals surface area contributed by atoms with Crippen molar-refractivity contribution in [2.45, 2.75) is 47.1 Å². The molecule has 1 aromatic carbocycles. The SMILES string of the molecule is CCCCNCc1nn(-c2ccc(C)cc2C)c(C)cc1=O. The molecule has 118 valence electrons. The van der Waals surface area contributed by atoms with Crippen LogP contribution in [0, 0.1) is 20.8 Å². The molecular formula is C18H25N3O. The molecule has 0 radical (unpaired) electrons. The van der Waals surface area contributed by atoms with Crippen molar-refractivity contribution < 1.29 is 0 Å². The summed E-state index contributed by atoms with van der Waals surface area (Å²) in [4.78, 5) is 12.1. The first-order valence-corrected chi connectivity index (χ1v) is 7.91. The van der Waals surface area contributed by atoms with E-state index in [2.05, 4.69) is 49.4 Å². The third-order valence-corrected chi connectivity index (χ3v) is 3.76. The van der Waals surface area contributed by atoms with Crippen LogP contribution in [0.3, 0.4) is 0 Å². The van der Waals surface area contributed by atoms with Gasteiger partial charge in [0.1, 0.15) is 5.69 Å². The summed E-state index contributed by atoms with van der Waals surface area (Å²) in [5.74, 6) is 0. The highest BCUT2D eigenvalue weighted by atomic mass is 16.1. The van der Waals surface area contributed by atoms with Crippen LogP contribution in [0.4, 0.5) is 0 Å². The van der Waals surface area contributed by atoms with Crippen LogP contribution in [0.15, 0.2) is 29.1 Å². The van der Waals surface area contributed by atoms with Gasteiger partial charge in [-0.1, -0.05) is 31.0 Å². The van der Waals surface area contributed by atoms with Crippen LogP contribution in [-0.4, -0.2) is 16.3 Å². The van der Waals surface area contributed by atoms with Crippen molar-refractivity contribution >= 4 is 0 Å². The summed E-state index contributed by atoms with van der Waals surface area (Å²) in [6.45, 7) is 9.65. The highest BCUT2D eigenvalue weighted by Crippen LogP contribution is 2.16. The zero-order chi connectivity index (χ0) is 16.1. The van der Waals surface area contributed by atoms with Crippen molar-refractivity contribution in [3.05, 3.63) is 57.0 Å². The lowest BCUT2D eigenvalue weighted by atomic mass is 10.1. The van der Waals surface area contributed by atoms with E-state index >= 15 is 0 Å². The average Bonchev–Trinajstić information content (AvgIpc) is 2.46. The van der Waals surface area contributed by atoms with E-state index in [1.807, 2.05) is 11.6 Å². The van der Waals surface area contributed by atoms with Gasteiger partial charge in [-0.05, 0) is 45.4 Å². The molecule has 2 rings (SSSR count). The first-order valence-electron chi connectivity index (χ1n) is 7.91. The number of nitrogens with one attached hydrogen (secondary N) is 1. The number of hydrogen-bond donors (Lipinski definition) is 1. The van der Waals surface area contributed by atoms with E-state index in [0.29, 0.717) is 12.2 Å². The molecule has 1 N–H and O–H groups in total. The van der Waals surface area contributed by atoms with E-state index in [4.69, 9.17) is 0 Å². The molecule has 0 spiro atoms. The van der Waals surface area contributed by atoms with Crippen LogP contribution < -0.4 is 10.7 Å². The standard InChI is InChI=1S/C18H25N3O/c1-5-6-9-19-12-16-18(22)11-15(4)21(20-16)17-8-7-13(2)10-14(17)3/h7-8,10-11,19H,5-6,9,12H2,1-4H3. The first-order chi connectivity index (χ1) is 10.5. The second-order valence-corrected chi connectivity index (χ2v) is 5.83. The minimum Gasteiger partial charge on any atom is -0.311 e. The van der Waals surface area contributed by atoms with Gasteiger partial charge in [0.15, 0.2) is 0 Å². The van der Waals surface area contributed by atoms with Gasteiger partial charge in [-0.3, -0.25) is 4.79 Å². The van der Waals surface area contributed by atoms with E-state index in [0.717, 1.165) is 36.3 Å². The topological polar surface area (TPSA) is 46.9 Å². The predicted octanol–water partition coefficient (Wildman–Crippen LogP) is 3.05. The number of rotatable bonds is 6. The second-order valence-electron chi connectivity index (χ2n) is 5.83. The maximum absolute atomic E-state index is 12.1. The van der Waals surface area contributed by atoms with Crippen molar-refractivity contribution in [1.82, 2.24) is 15.1 Å². The highest BCUT2D eigenvalue weighted by Gasteiger charge is 2.09. The van der Waals surface area contributed by atoms with Gasteiger partial charge in [-0.2, -0.15) is 5.10 Å². The van der Waals surface area contributed by atoms with Crippen molar-refractivity contribution in [3.63, 3.8) is 0 Å². The van der Waals surface area contributed by atoms with Crippen molar-refractivity contribution in [1.29, 1.82) is 0 Å². The van der Waals surface area contributed by atoms with E-state index in [1.54, 1.807) is 6.07 Å². The fourth-order valence-corrected chi connectivity index (χ4v) is 2.50. The van der Waals surface area contributed by atoms with Crippen LogP contribution in [0.2, 0.25) is 0 Å². The first kappa shape index (κ1) is 16.4. The molecule has 0 fully saturated rings. The summed E-state index contributed by atoms with van der Waals surface area (Å²) >= 11 is 0. The lowest BCUT2D eigenvalue weighted by Crippen LogP contribution is -2.25. The predicted molar refractivity (Wildman–Crippen MR) is 90.7 cm³/mol. The largest absolute Gasteiger partial charge is 0.311 e. The fraction of sp³-hybridized carbons (Fsp3) is 0.444. The van der Waals surface area contributed by atoms with Gasteiger partial charge in [0.25, 0.3) is 0 Å². The van der Waals surface area contributed by atoms with Gasteiger partial charge >= 0.3 is 0 Å². The molecule has 0 saturated carbocycles. The summed E-state index contributed by atoms with van der Waals surface area (Å²) in [6.07, 6.45) is 2.25. The van der Waals surface area contributed by atoms with Crippen molar-refractivity contribution in [2.24, 2.45) is 0 Å². The van der Waals surface area contributed by atoms with E-state index in [-0.39, 0.29) is 5.43 Å². The Morgan fingerprint density at radius 3 is 2.64 bits per heavy atom. The zero-order valence-corrected chi connectivity index (χ0v) is 13.9. The fourth-order valence-electron chi connectivity index (χ4n) is 2.50. The smallest absolute Gasteiger partial charge is 0.204 e. The van der Waals surface area contributed by atoms with E-state index in [9.17, 15) is 4.79 Å². The molecule has 0 saturated heterocycles. The molecule has 0 atom stereocenters. The summed E-state index contributed by atoms with van der Waals surface area (Å²) in [5, 5.41) is 7.86. The maximum Gasteiger partial charge on any atom is 0.204 e. The Morgan fingerprint density at radius 1 is 1.18 bits per heavy atom. The minimum absolute atomic E-state index is 0.00233. The van der Waals surface area contributed by atoms with Gasteiger partial charge < -0.3 is 5.32 Å². The summed E-state index contributed by atoms with van der Waals surface area (Å²) in [5.41, 5.74) is 4.84. The Hall–Kier alpha value is -1.94. The number of unbranched alkanes of at least 4 members (excludes halogenated alkanes) is 1. The molecule has 0 aliphatic rings. The van der Waals surface area contributed by atoms with Crippen LogP contribution >= 0.6 is 0 Å². The lowest BCUT2D eigenvalue weighted by Gasteiger charge is -2.14. The highest BCUT2D eigenvalue weighted by molar-refractivity contribution is 5.42. The molecule has 4 heteroatoms. The molecule has 1 aromatic heterocycles. The van der Waals surface area contributed by atoms with Gasteiger partial charge in [-0.25, -0.2) is 4.68 Å². The number of aryl methyl sites for hydroxylation is 3. The summed E-state index contributed by atoms with van der Waals surface area (Å²) in [7, 11) is 0.